The lowest BCUT2D eigenvalue weighted by molar-refractivity contribution is 0.0978. The Morgan fingerprint density at radius 3 is 2.33 bits per heavy atom. The van der Waals surface area contributed by atoms with Crippen LogP contribution in [0.25, 0.3) is 0 Å². The van der Waals surface area contributed by atoms with E-state index >= 15 is 0 Å². The molecule has 8 nitrogen and oxygen atoms in total. The van der Waals surface area contributed by atoms with Gasteiger partial charge in [-0.25, -0.2) is 21.8 Å². The van der Waals surface area contributed by atoms with Crippen LogP contribution in [0.1, 0.15) is 49.4 Å². The third kappa shape index (κ3) is 7.14. The van der Waals surface area contributed by atoms with Gasteiger partial charge in [0.2, 0.25) is 10.0 Å². The average Bonchev–Trinajstić information content (AvgIpc) is 2.90. The smallest absolute Gasteiger partial charge is 0.264 e. The Kier molecular flexibility index (Phi) is 9.61. The zero-order valence-electron chi connectivity index (χ0n) is 21.1. The number of hydrogen-bond acceptors (Lipinski definition) is 7. The topological polar surface area (TPSA) is 114 Å². The van der Waals surface area contributed by atoms with Crippen LogP contribution in [0.15, 0.2) is 74.3 Å². The summed E-state index contributed by atoms with van der Waals surface area (Å²) in [7, 11) is -7.65. The number of aromatic nitrogens is 1. The lowest BCUT2D eigenvalue weighted by atomic mass is 10.1. The number of carbonyl (C=O) groups excluding carboxylic acids is 1. The highest BCUT2D eigenvalue weighted by molar-refractivity contribution is 7.99. The maximum absolute atomic E-state index is 13.0. The van der Waals surface area contributed by atoms with Crippen molar-refractivity contribution in [3.05, 3.63) is 70.3 Å². The lowest BCUT2D eigenvalue weighted by Gasteiger charge is -2.25. The molecule has 2 heterocycles. The summed E-state index contributed by atoms with van der Waals surface area (Å²) in [5, 5.41) is 0.248. The first-order valence-corrected chi connectivity index (χ1v) is 16.8. The minimum atomic E-state index is -4.10. The number of halogens is 2. The van der Waals surface area contributed by atoms with Crippen LogP contribution in [-0.2, 0) is 20.0 Å². The highest BCUT2D eigenvalue weighted by Gasteiger charge is 2.26. The molecule has 1 saturated heterocycles. The van der Waals surface area contributed by atoms with E-state index < -0.39 is 20.0 Å². The van der Waals surface area contributed by atoms with Crippen molar-refractivity contribution in [3.8, 4) is 0 Å². The number of anilines is 1. The molecule has 1 fully saturated rings. The van der Waals surface area contributed by atoms with Crippen LogP contribution in [-0.4, -0.2) is 45.0 Å². The summed E-state index contributed by atoms with van der Waals surface area (Å²) in [6.07, 6.45) is 5.04. The van der Waals surface area contributed by atoms with Gasteiger partial charge in [0.15, 0.2) is 5.78 Å². The van der Waals surface area contributed by atoms with Crippen molar-refractivity contribution < 1.29 is 21.6 Å². The van der Waals surface area contributed by atoms with E-state index in [1.54, 1.807) is 24.3 Å². The molecular weight excluding hydrogens is 601 g/mol. The van der Waals surface area contributed by atoms with Gasteiger partial charge in [0.25, 0.3) is 10.0 Å². The standard InChI is InChI=1S/C26H27Cl2N3O5S3/c1-2-6-23(32)21-16-26(30-38(33,34)25-12-7-18(27)15-22(25)28)29-17-24(21)37-19-8-10-20(11-9-19)39(35,36)31-13-4-3-5-14-31/h7-12,15-17H,2-6,13-14H2,1H3,(H,29,30). The summed E-state index contributed by atoms with van der Waals surface area (Å²) in [5.41, 5.74) is 0.307. The second-order valence-corrected chi connectivity index (χ2v) is 14.5. The molecule has 0 unspecified atom stereocenters. The molecule has 1 aliphatic rings. The number of nitrogens with one attached hydrogen (secondary N) is 1. The zero-order valence-corrected chi connectivity index (χ0v) is 25.0. The number of hydrogen-bond donors (Lipinski definition) is 1. The molecule has 0 bridgehead atoms. The summed E-state index contributed by atoms with van der Waals surface area (Å²) in [6, 6.07) is 11.9. The Hall–Kier alpha value is -2.15. The van der Waals surface area contributed by atoms with E-state index in [0.717, 1.165) is 19.3 Å². The summed E-state index contributed by atoms with van der Waals surface area (Å²) >= 11 is 13.2. The van der Waals surface area contributed by atoms with Crippen LogP contribution < -0.4 is 4.72 Å². The minimum Gasteiger partial charge on any atom is -0.294 e. The molecule has 39 heavy (non-hydrogen) atoms. The molecule has 4 rings (SSSR count). The molecule has 3 aromatic rings. The van der Waals surface area contributed by atoms with Crippen molar-refractivity contribution in [3.63, 3.8) is 0 Å². The number of nitrogens with zero attached hydrogens (tertiary/aromatic N) is 2. The second-order valence-electron chi connectivity index (χ2n) is 8.96. The van der Waals surface area contributed by atoms with Crippen LogP contribution in [0, 0.1) is 0 Å². The Morgan fingerprint density at radius 1 is 1.00 bits per heavy atom. The van der Waals surface area contributed by atoms with Gasteiger partial charge in [-0.05, 0) is 67.8 Å². The van der Waals surface area contributed by atoms with Gasteiger partial charge in [-0.1, -0.05) is 48.3 Å². The van der Waals surface area contributed by atoms with Gasteiger partial charge in [0.05, 0.1) is 9.92 Å². The van der Waals surface area contributed by atoms with Crippen molar-refractivity contribution in [2.45, 2.75) is 58.6 Å². The van der Waals surface area contributed by atoms with E-state index in [1.165, 1.54) is 46.5 Å². The monoisotopic (exact) mass is 627 g/mol. The number of piperidine rings is 1. The van der Waals surface area contributed by atoms with E-state index in [-0.39, 0.29) is 32.8 Å². The fourth-order valence-corrected chi connectivity index (χ4v) is 8.31. The van der Waals surface area contributed by atoms with Crippen LogP contribution in [0.3, 0.4) is 0 Å². The summed E-state index contributed by atoms with van der Waals surface area (Å²) in [4.78, 5) is 18.5. The first-order chi connectivity index (χ1) is 18.5. The summed E-state index contributed by atoms with van der Waals surface area (Å²) in [6.45, 7) is 2.92. The van der Waals surface area contributed by atoms with E-state index in [2.05, 4.69) is 9.71 Å². The van der Waals surface area contributed by atoms with Crippen molar-refractivity contribution in [1.29, 1.82) is 0 Å². The lowest BCUT2D eigenvalue weighted by Crippen LogP contribution is -2.35. The number of ketones is 1. The van der Waals surface area contributed by atoms with Crippen LogP contribution in [0.5, 0.6) is 0 Å². The molecule has 1 aliphatic heterocycles. The van der Waals surface area contributed by atoms with Gasteiger partial charge in [0, 0.05) is 46.1 Å². The minimum absolute atomic E-state index is 0.0345. The SMILES string of the molecule is CCCC(=O)c1cc(NS(=O)(=O)c2ccc(Cl)cc2Cl)ncc1Sc1ccc(S(=O)(=O)N2CCCCC2)cc1. The number of rotatable bonds is 10. The number of pyridine rings is 1. The van der Waals surface area contributed by atoms with Crippen molar-refractivity contribution in [2.75, 3.05) is 17.8 Å². The molecule has 0 atom stereocenters. The van der Waals surface area contributed by atoms with E-state index in [4.69, 9.17) is 23.2 Å². The Bertz CT molecular complexity index is 1570. The first kappa shape index (κ1) is 29.8. The summed E-state index contributed by atoms with van der Waals surface area (Å²) < 4.78 is 55.7. The fraction of sp³-hybridized carbons (Fsp3) is 0.308. The third-order valence-electron chi connectivity index (χ3n) is 6.07. The van der Waals surface area contributed by atoms with E-state index in [1.807, 2.05) is 6.92 Å². The average molecular weight is 629 g/mol. The highest BCUT2D eigenvalue weighted by Crippen LogP contribution is 2.34. The largest absolute Gasteiger partial charge is 0.294 e. The fourth-order valence-electron chi connectivity index (χ4n) is 4.11. The summed E-state index contributed by atoms with van der Waals surface area (Å²) in [5.74, 6) is -0.204. The Morgan fingerprint density at radius 2 is 1.69 bits per heavy atom. The molecule has 2 aromatic carbocycles. The third-order valence-corrected chi connectivity index (χ3v) is 11.1. The van der Waals surface area contributed by atoms with E-state index in [9.17, 15) is 21.6 Å². The van der Waals surface area contributed by atoms with Crippen molar-refractivity contribution >= 4 is 66.6 Å². The van der Waals surface area contributed by atoms with Gasteiger partial charge in [-0.2, -0.15) is 4.31 Å². The number of carbonyl (C=O) groups is 1. The van der Waals surface area contributed by atoms with Crippen molar-refractivity contribution in [1.82, 2.24) is 9.29 Å². The molecule has 208 valence electrons. The molecule has 0 spiro atoms. The molecule has 0 saturated carbocycles. The van der Waals surface area contributed by atoms with Gasteiger partial charge in [-0.3, -0.25) is 9.52 Å². The Labute approximate surface area is 243 Å². The maximum atomic E-state index is 13.0. The van der Waals surface area contributed by atoms with E-state index in [0.29, 0.717) is 39.9 Å². The second kappa shape index (κ2) is 12.6. The van der Waals surface area contributed by atoms with Gasteiger partial charge >= 0.3 is 0 Å². The molecule has 0 radical (unpaired) electrons. The predicted molar refractivity (Wildman–Crippen MR) is 154 cm³/mol. The highest BCUT2D eigenvalue weighted by atomic mass is 35.5. The number of sulfonamides is 2. The quantitative estimate of drug-likeness (QED) is 0.255. The molecular formula is C26H27Cl2N3O5S3. The maximum Gasteiger partial charge on any atom is 0.264 e. The van der Waals surface area contributed by atoms with Gasteiger partial charge in [0.1, 0.15) is 10.7 Å². The first-order valence-electron chi connectivity index (χ1n) is 12.3. The van der Waals surface area contributed by atoms with Crippen LogP contribution in [0.2, 0.25) is 10.0 Å². The van der Waals surface area contributed by atoms with Gasteiger partial charge in [-0.15, -0.1) is 0 Å². The molecule has 0 aliphatic carbocycles. The molecule has 13 heteroatoms. The van der Waals surface area contributed by atoms with Crippen molar-refractivity contribution in [2.24, 2.45) is 0 Å². The number of benzene rings is 2. The Balaban J connectivity index is 1.59. The zero-order chi connectivity index (χ0) is 28.2. The van der Waals surface area contributed by atoms with Gasteiger partial charge < -0.3 is 0 Å². The normalized spacial score (nSPS) is 14.7. The molecule has 0 amide bonds. The predicted octanol–water partition coefficient (Wildman–Crippen LogP) is 6.50. The number of Topliss-reactive ketones (excluding diaryl/α,β-unsaturated/α-hetero) is 1. The molecule has 1 N–H and O–H groups in total. The van der Waals surface area contributed by atoms with Crippen LogP contribution in [0.4, 0.5) is 5.82 Å². The van der Waals surface area contributed by atoms with Crippen LogP contribution >= 0.6 is 35.0 Å². The molecule has 1 aromatic heterocycles.